The maximum Gasteiger partial charge on any atom is 0.324 e. The molecule has 1 unspecified atom stereocenters. The Morgan fingerprint density at radius 1 is 1.35 bits per heavy atom. The molecule has 0 bridgehead atoms. The fourth-order valence-corrected chi connectivity index (χ4v) is 3.49. The quantitative estimate of drug-likeness (QED) is 0.772. The van der Waals surface area contributed by atoms with E-state index >= 15 is 0 Å². The number of hydrogen-bond acceptors (Lipinski definition) is 3. The van der Waals surface area contributed by atoms with Gasteiger partial charge in [-0.2, -0.15) is 0 Å². The average molecular weight is 282 g/mol. The lowest BCUT2D eigenvalue weighted by atomic mass is 9.90. The van der Waals surface area contributed by atoms with Crippen LogP contribution in [-0.2, 0) is 9.59 Å². The van der Waals surface area contributed by atoms with Crippen molar-refractivity contribution in [3.8, 4) is 0 Å². The van der Waals surface area contributed by atoms with Gasteiger partial charge in [0.1, 0.15) is 5.54 Å². The van der Waals surface area contributed by atoms with Crippen molar-refractivity contribution in [2.45, 2.75) is 64.0 Å². The van der Waals surface area contributed by atoms with Crippen molar-refractivity contribution in [1.82, 2.24) is 9.80 Å². The third-order valence-corrected chi connectivity index (χ3v) is 4.66. The Hall–Kier alpha value is -1.10. The Morgan fingerprint density at radius 2 is 2.05 bits per heavy atom. The first-order chi connectivity index (χ1) is 9.55. The van der Waals surface area contributed by atoms with Crippen LogP contribution >= 0.6 is 0 Å². The summed E-state index contributed by atoms with van der Waals surface area (Å²) in [4.78, 5) is 28.0. The number of carboxylic acid groups (broad SMARTS) is 1. The molecule has 1 saturated carbocycles. The molecule has 5 heteroatoms. The number of carbonyl (C=O) groups is 2. The maximum atomic E-state index is 12.4. The molecule has 1 aliphatic carbocycles. The SMILES string of the molecule is CCCC1(C(=O)O)CCCN1CC(=O)N(CC)C1CC1. The standard InChI is InChI=1S/C15H26N2O3/c1-3-8-15(14(19)20)9-5-10-16(15)11-13(18)17(4-2)12-6-7-12/h12H,3-11H2,1-2H3,(H,19,20). The number of carbonyl (C=O) groups excluding carboxylic acids is 1. The lowest BCUT2D eigenvalue weighted by Gasteiger charge is -2.35. The Bertz CT molecular complexity index is 381. The van der Waals surface area contributed by atoms with Gasteiger partial charge in [0.15, 0.2) is 0 Å². The fourth-order valence-electron chi connectivity index (χ4n) is 3.49. The molecule has 1 heterocycles. The Balaban J connectivity index is 2.06. The van der Waals surface area contributed by atoms with Gasteiger partial charge in [-0.25, -0.2) is 0 Å². The van der Waals surface area contributed by atoms with Gasteiger partial charge in [-0.15, -0.1) is 0 Å². The van der Waals surface area contributed by atoms with E-state index in [0.29, 0.717) is 18.9 Å². The van der Waals surface area contributed by atoms with Gasteiger partial charge in [0, 0.05) is 12.6 Å². The van der Waals surface area contributed by atoms with E-state index in [1.54, 1.807) is 0 Å². The molecule has 0 aromatic heterocycles. The summed E-state index contributed by atoms with van der Waals surface area (Å²) >= 11 is 0. The maximum absolute atomic E-state index is 12.4. The van der Waals surface area contributed by atoms with Crippen LogP contribution in [0.3, 0.4) is 0 Å². The van der Waals surface area contributed by atoms with Crippen LogP contribution in [0, 0.1) is 0 Å². The lowest BCUT2D eigenvalue weighted by molar-refractivity contribution is -0.151. The zero-order valence-electron chi connectivity index (χ0n) is 12.6. The Kier molecular flexibility index (Phi) is 4.68. The number of hydrogen-bond donors (Lipinski definition) is 1. The molecular weight excluding hydrogens is 256 g/mol. The van der Waals surface area contributed by atoms with Crippen LogP contribution in [0.2, 0.25) is 0 Å². The highest BCUT2D eigenvalue weighted by molar-refractivity contribution is 5.83. The predicted octanol–water partition coefficient (Wildman–Crippen LogP) is 1.72. The predicted molar refractivity (Wildman–Crippen MR) is 76.5 cm³/mol. The van der Waals surface area contributed by atoms with Crippen molar-refractivity contribution in [2.24, 2.45) is 0 Å². The molecule has 1 amide bonds. The largest absolute Gasteiger partial charge is 0.480 e. The first kappa shape index (κ1) is 15.3. The lowest BCUT2D eigenvalue weighted by Crippen LogP contribution is -2.54. The summed E-state index contributed by atoms with van der Waals surface area (Å²) in [7, 11) is 0. The average Bonchev–Trinajstić information content (AvgIpc) is 3.14. The molecule has 1 aliphatic heterocycles. The highest BCUT2D eigenvalue weighted by Crippen LogP contribution is 2.34. The van der Waals surface area contributed by atoms with Gasteiger partial charge >= 0.3 is 5.97 Å². The molecule has 0 spiro atoms. The number of aliphatic carboxylic acids is 1. The van der Waals surface area contributed by atoms with Crippen LogP contribution in [0.4, 0.5) is 0 Å². The molecular formula is C15H26N2O3. The van der Waals surface area contributed by atoms with Crippen molar-refractivity contribution in [1.29, 1.82) is 0 Å². The van der Waals surface area contributed by atoms with E-state index in [2.05, 4.69) is 0 Å². The summed E-state index contributed by atoms with van der Waals surface area (Å²) < 4.78 is 0. The minimum absolute atomic E-state index is 0.0960. The summed E-state index contributed by atoms with van der Waals surface area (Å²) in [5.74, 6) is -0.669. The number of likely N-dealkylation sites (tertiary alicyclic amines) is 1. The van der Waals surface area contributed by atoms with Crippen LogP contribution in [-0.4, -0.2) is 58.0 Å². The van der Waals surface area contributed by atoms with Crippen LogP contribution in [0.1, 0.15) is 52.4 Å². The van der Waals surface area contributed by atoms with Crippen LogP contribution in [0.5, 0.6) is 0 Å². The number of likely N-dealkylation sites (N-methyl/N-ethyl adjacent to an activating group) is 1. The summed E-state index contributed by atoms with van der Waals surface area (Å²) in [6.45, 7) is 5.71. The normalized spacial score (nSPS) is 26.7. The van der Waals surface area contributed by atoms with Gasteiger partial charge in [-0.1, -0.05) is 13.3 Å². The van der Waals surface area contributed by atoms with E-state index in [4.69, 9.17) is 0 Å². The second-order valence-corrected chi connectivity index (χ2v) is 6.02. The third-order valence-electron chi connectivity index (χ3n) is 4.66. The van der Waals surface area contributed by atoms with E-state index < -0.39 is 11.5 Å². The minimum Gasteiger partial charge on any atom is -0.480 e. The van der Waals surface area contributed by atoms with E-state index in [-0.39, 0.29) is 12.5 Å². The number of rotatable bonds is 7. The van der Waals surface area contributed by atoms with E-state index in [1.165, 1.54) is 0 Å². The van der Waals surface area contributed by atoms with Crippen molar-refractivity contribution < 1.29 is 14.7 Å². The van der Waals surface area contributed by atoms with E-state index in [1.807, 2.05) is 23.6 Å². The summed E-state index contributed by atoms with van der Waals surface area (Å²) in [5.41, 5.74) is -0.812. The molecule has 20 heavy (non-hydrogen) atoms. The van der Waals surface area contributed by atoms with Crippen LogP contribution in [0.15, 0.2) is 0 Å². The fraction of sp³-hybridized carbons (Fsp3) is 0.867. The number of carboxylic acids is 1. The zero-order valence-corrected chi connectivity index (χ0v) is 12.6. The molecule has 1 atom stereocenters. The molecule has 1 N–H and O–H groups in total. The van der Waals surface area contributed by atoms with Crippen LogP contribution in [0.25, 0.3) is 0 Å². The van der Waals surface area contributed by atoms with Gasteiger partial charge in [0.25, 0.3) is 0 Å². The van der Waals surface area contributed by atoms with Crippen molar-refractivity contribution in [3.63, 3.8) is 0 Å². The Morgan fingerprint density at radius 3 is 2.55 bits per heavy atom. The molecule has 2 rings (SSSR count). The summed E-state index contributed by atoms with van der Waals surface area (Å²) in [6.07, 6.45) is 5.19. The second-order valence-electron chi connectivity index (χ2n) is 6.02. The van der Waals surface area contributed by atoms with Crippen LogP contribution < -0.4 is 0 Å². The smallest absolute Gasteiger partial charge is 0.324 e. The zero-order chi connectivity index (χ0) is 14.8. The van der Waals surface area contributed by atoms with E-state index in [0.717, 1.165) is 38.8 Å². The molecule has 5 nitrogen and oxygen atoms in total. The molecule has 0 aromatic rings. The summed E-state index contributed by atoms with van der Waals surface area (Å²) in [5, 5.41) is 9.63. The molecule has 1 saturated heterocycles. The monoisotopic (exact) mass is 282 g/mol. The molecule has 2 aliphatic rings. The molecule has 0 radical (unpaired) electrons. The molecule has 0 aromatic carbocycles. The topological polar surface area (TPSA) is 60.9 Å². The summed E-state index contributed by atoms with van der Waals surface area (Å²) in [6, 6.07) is 0.403. The first-order valence-corrected chi connectivity index (χ1v) is 7.83. The Labute approximate surface area is 120 Å². The first-order valence-electron chi connectivity index (χ1n) is 7.83. The third kappa shape index (κ3) is 2.82. The van der Waals surface area contributed by atoms with Crippen molar-refractivity contribution >= 4 is 11.9 Å². The van der Waals surface area contributed by atoms with Crippen molar-refractivity contribution in [3.05, 3.63) is 0 Å². The highest BCUT2D eigenvalue weighted by Gasteiger charge is 2.48. The minimum atomic E-state index is -0.812. The van der Waals surface area contributed by atoms with Gasteiger partial charge in [-0.3, -0.25) is 14.5 Å². The number of amides is 1. The number of nitrogens with zero attached hydrogens (tertiary/aromatic N) is 2. The van der Waals surface area contributed by atoms with E-state index in [9.17, 15) is 14.7 Å². The van der Waals surface area contributed by atoms with Gasteiger partial charge in [-0.05, 0) is 45.6 Å². The van der Waals surface area contributed by atoms with Crippen molar-refractivity contribution in [2.75, 3.05) is 19.6 Å². The van der Waals surface area contributed by atoms with Gasteiger partial charge < -0.3 is 10.0 Å². The van der Waals surface area contributed by atoms with Gasteiger partial charge in [0.2, 0.25) is 5.91 Å². The van der Waals surface area contributed by atoms with Gasteiger partial charge in [0.05, 0.1) is 6.54 Å². The molecule has 114 valence electrons. The highest BCUT2D eigenvalue weighted by atomic mass is 16.4. The second kappa shape index (κ2) is 6.12. The molecule has 2 fully saturated rings.